The van der Waals surface area contributed by atoms with Crippen LogP contribution in [0.15, 0.2) is 22.7 Å². The summed E-state index contributed by atoms with van der Waals surface area (Å²) in [6.45, 7) is -1.03. The highest BCUT2D eigenvalue weighted by atomic mass is 79.9. The van der Waals surface area contributed by atoms with Gasteiger partial charge in [0.15, 0.2) is 0 Å². The molecule has 0 aliphatic heterocycles. The van der Waals surface area contributed by atoms with E-state index in [1.807, 2.05) is 0 Å². The van der Waals surface area contributed by atoms with Gasteiger partial charge in [0.1, 0.15) is 6.54 Å². The highest BCUT2D eigenvalue weighted by Gasteiger charge is 2.38. The summed E-state index contributed by atoms with van der Waals surface area (Å²) < 4.78 is 38.1. The van der Waals surface area contributed by atoms with Gasteiger partial charge in [0.2, 0.25) is 0 Å². The molecule has 1 aliphatic carbocycles. The summed E-state index contributed by atoms with van der Waals surface area (Å²) in [6, 6.07) is 3.93. The normalized spacial score (nSPS) is 15.4. The van der Waals surface area contributed by atoms with E-state index in [1.54, 1.807) is 0 Å². The molecule has 1 aromatic rings. The van der Waals surface area contributed by atoms with Gasteiger partial charge in [-0.15, -0.1) is 0 Å². The number of rotatable bonds is 4. The van der Waals surface area contributed by atoms with E-state index in [2.05, 4.69) is 15.9 Å². The second kappa shape index (κ2) is 5.03. The Morgan fingerprint density at radius 1 is 1.42 bits per heavy atom. The Kier molecular flexibility index (Phi) is 3.75. The Bertz CT molecular complexity index is 500. The largest absolute Gasteiger partial charge is 0.478 e. The number of benzene rings is 1. The lowest BCUT2D eigenvalue weighted by Gasteiger charge is -2.27. The fourth-order valence-electron chi connectivity index (χ4n) is 1.86. The first-order valence-electron chi connectivity index (χ1n) is 5.64. The van der Waals surface area contributed by atoms with Crippen molar-refractivity contribution in [3.63, 3.8) is 0 Å². The molecule has 1 saturated carbocycles. The molecule has 0 radical (unpaired) electrons. The first-order chi connectivity index (χ1) is 8.78. The van der Waals surface area contributed by atoms with Crippen LogP contribution in [0, 0.1) is 0 Å². The number of carboxylic acid groups (broad SMARTS) is 1. The maximum atomic E-state index is 12.6. The van der Waals surface area contributed by atoms with Crippen molar-refractivity contribution in [2.75, 3.05) is 11.4 Å². The van der Waals surface area contributed by atoms with Crippen LogP contribution in [-0.4, -0.2) is 29.8 Å². The third kappa shape index (κ3) is 3.62. The molecule has 0 atom stereocenters. The van der Waals surface area contributed by atoms with Crippen molar-refractivity contribution in [3.05, 3.63) is 28.2 Å². The maximum Gasteiger partial charge on any atom is 0.405 e. The van der Waals surface area contributed by atoms with Crippen molar-refractivity contribution in [3.8, 4) is 0 Å². The molecule has 0 heterocycles. The standard InChI is InChI=1S/C12H11BrF3NO2/c13-9-5-7(11(18)19)1-4-10(9)17(8-2-3-8)6-12(14,15)16/h1,4-5,8H,2-3,6H2,(H,18,19). The number of nitrogens with zero attached hydrogens (tertiary/aromatic N) is 1. The molecular formula is C12H11BrF3NO2. The summed E-state index contributed by atoms with van der Waals surface area (Å²) >= 11 is 3.15. The number of carboxylic acids is 1. The van der Waals surface area contributed by atoms with E-state index in [0.29, 0.717) is 10.2 Å². The topological polar surface area (TPSA) is 40.5 Å². The van der Waals surface area contributed by atoms with Crippen LogP contribution >= 0.6 is 15.9 Å². The quantitative estimate of drug-likeness (QED) is 0.911. The lowest BCUT2D eigenvalue weighted by Crippen LogP contribution is -2.36. The first kappa shape index (κ1) is 14.2. The first-order valence-corrected chi connectivity index (χ1v) is 6.43. The lowest BCUT2D eigenvalue weighted by molar-refractivity contribution is -0.120. The zero-order valence-corrected chi connectivity index (χ0v) is 11.3. The molecule has 7 heteroatoms. The van der Waals surface area contributed by atoms with E-state index >= 15 is 0 Å². The molecule has 19 heavy (non-hydrogen) atoms. The molecule has 0 bridgehead atoms. The molecule has 1 fully saturated rings. The molecule has 3 nitrogen and oxygen atoms in total. The summed E-state index contributed by atoms with van der Waals surface area (Å²) in [4.78, 5) is 12.1. The van der Waals surface area contributed by atoms with Crippen LogP contribution < -0.4 is 4.90 Å². The smallest absolute Gasteiger partial charge is 0.405 e. The average Bonchev–Trinajstić information content (AvgIpc) is 3.08. The highest BCUT2D eigenvalue weighted by Crippen LogP contribution is 2.38. The van der Waals surface area contributed by atoms with Crippen molar-refractivity contribution in [2.24, 2.45) is 0 Å². The molecule has 0 saturated heterocycles. The minimum absolute atomic E-state index is 0.0402. The molecule has 0 amide bonds. The summed E-state index contributed by atoms with van der Waals surface area (Å²) in [5, 5.41) is 8.83. The van der Waals surface area contributed by atoms with Gasteiger partial charge in [-0.05, 0) is 47.0 Å². The number of hydrogen-bond acceptors (Lipinski definition) is 2. The average molecular weight is 338 g/mol. The van der Waals surface area contributed by atoms with Crippen molar-refractivity contribution < 1.29 is 23.1 Å². The molecule has 1 aromatic carbocycles. The van der Waals surface area contributed by atoms with E-state index in [-0.39, 0.29) is 11.6 Å². The van der Waals surface area contributed by atoms with Crippen LogP contribution in [-0.2, 0) is 0 Å². The molecule has 1 aliphatic rings. The maximum absolute atomic E-state index is 12.6. The molecule has 2 rings (SSSR count). The predicted molar refractivity (Wildman–Crippen MR) is 67.5 cm³/mol. The molecule has 0 unspecified atom stereocenters. The zero-order valence-electron chi connectivity index (χ0n) is 9.75. The van der Waals surface area contributed by atoms with Crippen LogP contribution in [0.1, 0.15) is 23.2 Å². The summed E-state index contributed by atoms with van der Waals surface area (Å²) in [5.74, 6) is -1.11. The van der Waals surface area contributed by atoms with Gasteiger partial charge in [0.05, 0.1) is 11.3 Å². The summed E-state index contributed by atoms with van der Waals surface area (Å²) in [7, 11) is 0. The third-order valence-electron chi connectivity index (χ3n) is 2.84. The van der Waals surface area contributed by atoms with E-state index in [4.69, 9.17) is 5.11 Å². The van der Waals surface area contributed by atoms with Crippen LogP contribution in [0.5, 0.6) is 0 Å². The van der Waals surface area contributed by atoms with Gasteiger partial charge >= 0.3 is 12.1 Å². The Hall–Kier alpha value is -1.24. The Morgan fingerprint density at radius 2 is 2.05 bits per heavy atom. The minimum atomic E-state index is -4.28. The van der Waals surface area contributed by atoms with Gasteiger partial charge in [0, 0.05) is 10.5 Å². The van der Waals surface area contributed by atoms with E-state index in [9.17, 15) is 18.0 Å². The molecule has 0 aromatic heterocycles. The van der Waals surface area contributed by atoms with E-state index in [1.165, 1.54) is 23.1 Å². The zero-order chi connectivity index (χ0) is 14.2. The van der Waals surface area contributed by atoms with Gasteiger partial charge in [0.25, 0.3) is 0 Å². The summed E-state index contributed by atoms with van der Waals surface area (Å²) in [5.41, 5.74) is 0.420. The monoisotopic (exact) mass is 337 g/mol. The highest BCUT2D eigenvalue weighted by molar-refractivity contribution is 9.10. The number of alkyl halides is 3. The van der Waals surface area contributed by atoms with Crippen molar-refractivity contribution >= 4 is 27.6 Å². The lowest BCUT2D eigenvalue weighted by atomic mass is 10.2. The van der Waals surface area contributed by atoms with Gasteiger partial charge < -0.3 is 10.0 Å². The van der Waals surface area contributed by atoms with Gasteiger partial charge in [-0.3, -0.25) is 0 Å². The second-order valence-corrected chi connectivity index (χ2v) is 5.30. The van der Waals surface area contributed by atoms with E-state index < -0.39 is 18.7 Å². The number of hydrogen-bond donors (Lipinski definition) is 1. The number of anilines is 1. The Labute approximate surface area is 116 Å². The van der Waals surface area contributed by atoms with Gasteiger partial charge in [-0.25, -0.2) is 4.79 Å². The third-order valence-corrected chi connectivity index (χ3v) is 3.48. The molecule has 1 N–H and O–H groups in total. The minimum Gasteiger partial charge on any atom is -0.478 e. The fraction of sp³-hybridized carbons (Fsp3) is 0.417. The SMILES string of the molecule is O=C(O)c1ccc(N(CC(F)(F)F)C2CC2)c(Br)c1. The number of halogens is 4. The summed E-state index contributed by atoms with van der Waals surface area (Å²) in [6.07, 6.45) is -2.83. The van der Waals surface area contributed by atoms with Gasteiger partial charge in [-0.2, -0.15) is 13.2 Å². The van der Waals surface area contributed by atoms with Crippen molar-refractivity contribution in [2.45, 2.75) is 25.1 Å². The number of carbonyl (C=O) groups is 1. The van der Waals surface area contributed by atoms with E-state index in [0.717, 1.165) is 12.8 Å². The molecular weight excluding hydrogens is 327 g/mol. The van der Waals surface area contributed by atoms with Gasteiger partial charge in [-0.1, -0.05) is 0 Å². The number of aromatic carboxylic acids is 1. The van der Waals surface area contributed by atoms with Crippen LogP contribution in [0.3, 0.4) is 0 Å². The molecule has 104 valence electrons. The Balaban J connectivity index is 2.29. The van der Waals surface area contributed by atoms with Crippen LogP contribution in [0.4, 0.5) is 18.9 Å². The van der Waals surface area contributed by atoms with Crippen molar-refractivity contribution in [1.82, 2.24) is 0 Å². The van der Waals surface area contributed by atoms with Crippen LogP contribution in [0.25, 0.3) is 0 Å². The van der Waals surface area contributed by atoms with Crippen molar-refractivity contribution in [1.29, 1.82) is 0 Å². The fourth-order valence-corrected chi connectivity index (χ4v) is 2.47. The molecule has 0 spiro atoms. The predicted octanol–water partition coefficient (Wildman–Crippen LogP) is 3.68. The second-order valence-electron chi connectivity index (χ2n) is 4.45. The Morgan fingerprint density at radius 3 is 2.47 bits per heavy atom. The van der Waals surface area contributed by atoms with Crippen LogP contribution in [0.2, 0.25) is 0 Å².